The van der Waals surface area contributed by atoms with Gasteiger partial charge in [0.25, 0.3) is 6.23 Å². The van der Waals surface area contributed by atoms with Gasteiger partial charge in [-0.05, 0) is 85.0 Å². The summed E-state index contributed by atoms with van der Waals surface area (Å²) in [6.07, 6.45) is 6.74. The molecule has 0 aliphatic carbocycles. The molecule has 0 spiro atoms. The Bertz CT molecular complexity index is 1580. The van der Waals surface area contributed by atoms with Gasteiger partial charge in [0.2, 0.25) is 5.78 Å². The summed E-state index contributed by atoms with van der Waals surface area (Å²) in [6.45, 7) is 1.85. The van der Waals surface area contributed by atoms with Gasteiger partial charge in [-0.25, -0.2) is 5.01 Å². The van der Waals surface area contributed by atoms with E-state index in [4.69, 9.17) is 15.1 Å². The number of nitrogens with zero attached hydrogens (tertiary/aromatic N) is 4. The molecule has 3 heterocycles. The van der Waals surface area contributed by atoms with Crippen LogP contribution >= 0.6 is 0 Å². The first-order valence-corrected chi connectivity index (χ1v) is 14.0. The number of para-hydroxylation sites is 1. The molecular weight excluding hydrogens is 510 g/mol. The number of hydrogen-bond donors (Lipinski definition) is 1. The van der Waals surface area contributed by atoms with Crippen LogP contribution in [0.1, 0.15) is 63.5 Å². The summed E-state index contributed by atoms with van der Waals surface area (Å²) < 4.78 is 6.22. The number of unbranched alkanes of at least 4 members (excludes halogenated alkanes) is 1. The second-order valence-corrected chi connectivity index (χ2v) is 10.4. The molecule has 0 saturated heterocycles. The van der Waals surface area contributed by atoms with E-state index in [0.717, 1.165) is 49.2 Å². The largest absolute Gasteiger partial charge is 0.461 e. The molecule has 204 valence electrons. The van der Waals surface area contributed by atoms with E-state index < -0.39 is 6.23 Å². The number of rotatable bonds is 10. The minimum absolute atomic E-state index is 0.0818. The highest BCUT2D eigenvalue weighted by atomic mass is 16.5. The molecule has 3 aromatic carbocycles. The number of carbonyl (C=O) groups is 1. The molecule has 6 rings (SSSR count). The first-order chi connectivity index (χ1) is 20.2. The quantitative estimate of drug-likeness (QED) is 0.201. The molecule has 2 aliphatic heterocycles. The summed E-state index contributed by atoms with van der Waals surface area (Å²) in [5.74, 6) is 0.535. The van der Waals surface area contributed by atoms with E-state index in [9.17, 15) is 4.79 Å². The number of ketones is 1. The van der Waals surface area contributed by atoms with E-state index in [1.165, 1.54) is 11.1 Å². The number of ether oxygens (including phenoxy) is 1. The van der Waals surface area contributed by atoms with Crippen LogP contribution < -0.4 is 10.1 Å². The van der Waals surface area contributed by atoms with Crippen LogP contribution in [0.5, 0.6) is 5.75 Å². The number of pyridine rings is 1. The Morgan fingerprint density at radius 2 is 1.73 bits per heavy atom. The third-order valence-corrected chi connectivity index (χ3v) is 7.66. The fraction of sp³-hybridized carbons (Fsp3) is 0.235. The lowest BCUT2D eigenvalue weighted by Crippen LogP contribution is -2.45. The summed E-state index contributed by atoms with van der Waals surface area (Å²) >= 11 is 0. The first-order valence-electron chi connectivity index (χ1n) is 14.0. The van der Waals surface area contributed by atoms with E-state index in [1.54, 1.807) is 24.3 Å². The number of aryl methyl sites for hydroxylation is 1. The number of Topliss-reactive ketones (excluding diaryl/α,β-unsaturated/α-hetero) is 1. The number of benzene rings is 3. The van der Waals surface area contributed by atoms with E-state index in [0.29, 0.717) is 23.3 Å². The van der Waals surface area contributed by atoms with E-state index >= 15 is 0 Å². The van der Waals surface area contributed by atoms with Crippen molar-refractivity contribution in [3.05, 3.63) is 131 Å². The Labute approximate surface area is 240 Å². The monoisotopic (exact) mass is 541 g/mol. The third-order valence-electron chi connectivity index (χ3n) is 7.66. The zero-order chi connectivity index (χ0) is 28.0. The number of hydrogen-bond acceptors (Lipinski definition) is 7. The molecule has 4 aromatic rings. The molecule has 1 aromatic heterocycles. The van der Waals surface area contributed by atoms with Crippen LogP contribution in [0.2, 0.25) is 0 Å². The molecular formula is C34H31N5O2. The van der Waals surface area contributed by atoms with Crippen LogP contribution in [0.4, 0.5) is 0 Å². The molecule has 2 atom stereocenters. The number of aromatic nitrogens is 1. The van der Waals surface area contributed by atoms with E-state index in [1.807, 2.05) is 53.8 Å². The molecule has 0 fully saturated rings. The smallest absolute Gasteiger partial charge is 0.251 e. The van der Waals surface area contributed by atoms with Gasteiger partial charge in [-0.1, -0.05) is 42.5 Å². The zero-order valence-corrected chi connectivity index (χ0v) is 22.7. The Morgan fingerprint density at radius 3 is 2.51 bits per heavy atom. The third kappa shape index (κ3) is 5.88. The molecule has 2 aliphatic rings. The van der Waals surface area contributed by atoms with Crippen LogP contribution in [0.15, 0.2) is 102 Å². The van der Waals surface area contributed by atoms with Crippen LogP contribution in [-0.2, 0) is 13.0 Å². The number of hydrazone groups is 1. The molecule has 0 bridgehead atoms. The molecule has 0 saturated carbocycles. The van der Waals surface area contributed by atoms with Crippen molar-refractivity contribution < 1.29 is 9.53 Å². The fourth-order valence-corrected chi connectivity index (χ4v) is 5.41. The van der Waals surface area contributed by atoms with Gasteiger partial charge in [0, 0.05) is 36.5 Å². The Morgan fingerprint density at radius 1 is 0.951 bits per heavy atom. The van der Waals surface area contributed by atoms with Gasteiger partial charge in [-0.3, -0.25) is 9.78 Å². The average molecular weight is 542 g/mol. The standard InChI is InChI=1S/C34H31N5O2/c35-22-25-10-14-28(15-11-25)33(40)34-39-31(29-6-1-2-7-32(29)41-34)21-30(38-39)27-12-8-24(9-13-27)5-3-4-18-37-23-26-16-19-36-20-17-26/h1-2,6-17,19-20,31,34,37H,3-5,18,21,23H2. The van der Waals surface area contributed by atoms with Crippen molar-refractivity contribution in [3.63, 3.8) is 0 Å². The summed E-state index contributed by atoms with van der Waals surface area (Å²) in [7, 11) is 0. The van der Waals surface area contributed by atoms with Gasteiger partial charge in [-0.15, -0.1) is 0 Å². The molecule has 1 N–H and O–H groups in total. The van der Waals surface area contributed by atoms with E-state index in [2.05, 4.69) is 40.6 Å². The van der Waals surface area contributed by atoms with Crippen molar-refractivity contribution in [3.8, 4) is 11.8 Å². The van der Waals surface area contributed by atoms with Gasteiger partial charge in [0.05, 0.1) is 23.4 Å². The maximum Gasteiger partial charge on any atom is 0.251 e. The Balaban J connectivity index is 1.11. The lowest BCUT2D eigenvalue weighted by molar-refractivity contribution is -0.00455. The molecule has 7 nitrogen and oxygen atoms in total. The highest BCUT2D eigenvalue weighted by Gasteiger charge is 2.43. The summed E-state index contributed by atoms with van der Waals surface area (Å²) in [5, 5.41) is 19.4. The predicted molar refractivity (Wildman–Crippen MR) is 157 cm³/mol. The topological polar surface area (TPSA) is 90.6 Å². The second kappa shape index (κ2) is 12.2. The van der Waals surface area contributed by atoms with Crippen LogP contribution in [-0.4, -0.2) is 34.3 Å². The normalized spacial score (nSPS) is 17.1. The van der Waals surface area contributed by atoms with Gasteiger partial charge in [-0.2, -0.15) is 10.4 Å². The lowest BCUT2D eigenvalue weighted by atomic mass is 9.95. The van der Waals surface area contributed by atoms with Crippen molar-refractivity contribution in [1.82, 2.24) is 15.3 Å². The molecule has 2 unspecified atom stereocenters. The minimum Gasteiger partial charge on any atom is -0.461 e. The zero-order valence-electron chi connectivity index (χ0n) is 22.7. The first kappa shape index (κ1) is 26.4. The van der Waals surface area contributed by atoms with Crippen LogP contribution in [0, 0.1) is 11.3 Å². The SMILES string of the molecule is N#Cc1ccc(C(=O)C2Oc3ccccc3C3CC(c4ccc(CCCCNCc5ccncc5)cc4)=NN23)cc1. The predicted octanol–water partition coefficient (Wildman–Crippen LogP) is 5.82. The summed E-state index contributed by atoms with van der Waals surface area (Å²) in [5.41, 5.74) is 6.60. The van der Waals surface area contributed by atoms with Gasteiger partial charge in [0.15, 0.2) is 0 Å². The van der Waals surface area contributed by atoms with Crippen molar-refractivity contribution in [1.29, 1.82) is 5.26 Å². The summed E-state index contributed by atoms with van der Waals surface area (Å²) in [4.78, 5) is 17.6. The number of nitriles is 1. The second-order valence-electron chi connectivity index (χ2n) is 10.4. The van der Waals surface area contributed by atoms with Crippen LogP contribution in [0.25, 0.3) is 0 Å². The number of carbonyl (C=O) groups excluding carboxylic acids is 1. The molecule has 7 heteroatoms. The minimum atomic E-state index is -0.869. The van der Waals surface area contributed by atoms with E-state index in [-0.39, 0.29) is 11.8 Å². The highest BCUT2D eigenvalue weighted by molar-refractivity contribution is 6.03. The van der Waals surface area contributed by atoms with Gasteiger partial charge < -0.3 is 10.1 Å². The number of fused-ring (bicyclic) bond motifs is 3. The Kier molecular flexibility index (Phi) is 7.83. The van der Waals surface area contributed by atoms with Crippen molar-refractivity contribution in [2.45, 2.75) is 44.5 Å². The lowest BCUT2D eigenvalue weighted by Gasteiger charge is -2.37. The van der Waals surface area contributed by atoms with Crippen LogP contribution in [0.3, 0.4) is 0 Å². The Hall–Kier alpha value is -4.80. The average Bonchev–Trinajstić information content (AvgIpc) is 3.49. The van der Waals surface area contributed by atoms with Crippen molar-refractivity contribution >= 4 is 11.5 Å². The van der Waals surface area contributed by atoms with Gasteiger partial charge in [0.1, 0.15) is 5.75 Å². The summed E-state index contributed by atoms with van der Waals surface area (Å²) in [6, 6.07) is 29.3. The molecule has 41 heavy (non-hydrogen) atoms. The maximum atomic E-state index is 13.6. The van der Waals surface area contributed by atoms with Crippen molar-refractivity contribution in [2.24, 2.45) is 5.10 Å². The molecule has 0 radical (unpaired) electrons. The highest BCUT2D eigenvalue weighted by Crippen LogP contribution is 2.43. The van der Waals surface area contributed by atoms with Gasteiger partial charge >= 0.3 is 0 Å². The molecule has 0 amide bonds. The fourth-order valence-electron chi connectivity index (χ4n) is 5.41. The van der Waals surface area contributed by atoms with Crippen molar-refractivity contribution in [2.75, 3.05) is 6.54 Å². The number of nitrogens with one attached hydrogen (secondary N) is 1. The maximum absolute atomic E-state index is 13.6.